The third kappa shape index (κ3) is 14.1. The van der Waals surface area contributed by atoms with Crippen molar-refractivity contribution in [3.8, 4) is 11.5 Å². The number of carbonyl (C=O) groups is 2. The van der Waals surface area contributed by atoms with Crippen molar-refractivity contribution < 1.29 is 28.4 Å². The van der Waals surface area contributed by atoms with E-state index in [-0.39, 0.29) is 12.3 Å². The van der Waals surface area contributed by atoms with E-state index in [0.717, 1.165) is 30.2 Å². The topological polar surface area (TPSA) is 126 Å². The summed E-state index contributed by atoms with van der Waals surface area (Å²) < 4.78 is 15.7. The number of nitrogens with zero attached hydrogens (tertiary/aromatic N) is 1. The summed E-state index contributed by atoms with van der Waals surface area (Å²) in [6, 6.07) is 12.1. The van der Waals surface area contributed by atoms with E-state index < -0.39 is 27.1 Å². The molecule has 0 bridgehead atoms. The Morgan fingerprint density at radius 1 is 0.884 bits per heavy atom. The van der Waals surface area contributed by atoms with Gasteiger partial charge in [0, 0.05) is 29.7 Å². The number of non-ortho nitro benzene ring substituents is 1. The number of nitro groups is 1. The molecule has 1 aromatic heterocycles. The zero-order chi connectivity index (χ0) is 31.6. The molecule has 1 heterocycles. The van der Waals surface area contributed by atoms with Crippen LogP contribution in [0.3, 0.4) is 0 Å². The molecule has 43 heavy (non-hydrogen) atoms. The number of nitro benzene ring substituents is 1. The predicted molar refractivity (Wildman–Crippen MR) is 168 cm³/mol. The first-order chi connectivity index (χ1) is 20.6. The third-order valence-electron chi connectivity index (χ3n) is 6.67. The second-order valence-corrected chi connectivity index (χ2v) is 11.0. The molecule has 0 amide bonds. The minimum Gasteiger partial charge on any atom is -0.484 e. The molecular formula is C32H39Cl2NO8. The number of hydrogen-bond donors (Lipinski definition) is 0. The highest BCUT2D eigenvalue weighted by Crippen LogP contribution is 2.23. The van der Waals surface area contributed by atoms with Gasteiger partial charge in [0.2, 0.25) is 0 Å². The molecule has 3 rings (SSSR count). The second kappa shape index (κ2) is 19.7. The second-order valence-electron chi connectivity index (χ2n) is 10.2. The summed E-state index contributed by atoms with van der Waals surface area (Å²) >= 11 is 10.8. The zero-order valence-corrected chi connectivity index (χ0v) is 26.2. The maximum Gasteiger partial charge on any atom is 0.336 e. The van der Waals surface area contributed by atoms with E-state index in [2.05, 4.69) is 6.92 Å². The fourth-order valence-corrected chi connectivity index (χ4v) is 4.59. The SMILES string of the molecule is CCCCCCCCCCCCC(Oc1ccc([N+](=O)[O-])cc1)C(=O)Cl.Cc1cc(=O)oc2cc(OCC(=O)Cl)ccc12. The van der Waals surface area contributed by atoms with Crippen molar-refractivity contribution >= 4 is 50.3 Å². The molecule has 0 radical (unpaired) electrons. The van der Waals surface area contributed by atoms with E-state index in [1.807, 2.05) is 6.92 Å². The first kappa shape index (κ1) is 35.8. The van der Waals surface area contributed by atoms with Crippen LogP contribution >= 0.6 is 23.2 Å². The van der Waals surface area contributed by atoms with E-state index in [9.17, 15) is 24.5 Å². The molecule has 0 aliphatic carbocycles. The number of halogens is 2. The smallest absolute Gasteiger partial charge is 0.336 e. The highest BCUT2D eigenvalue weighted by Gasteiger charge is 2.18. The van der Waals surface area contributed by atoms with Gasteiger partial charge in [0.1, 0.15) is 17.1 Å². The fraction of sp³-hybridized carbons (Fsp3) is 0.469. The highest BCUT2D eigenvalue weighted by molar-refractivity contribution is 6.64. The maximum atomic E-state index is 11.5. The molecule has 0 aliphatic rings. The Labute approximate surface area is 261 Å². The number of fused-ring (bicyclic) bond motifs is 1. The fourth-order valence-electron chi connectivity index (χ4n) is 4.38. The van der Waals surface area contributed by atoms with E-state index >= 15 is 0 Å². The van der Waals surface area contributed by atoms with Crippen LogP contribution in [-0.2, 0) is 9.59 Å². The van der Waals surface area contributed by atoms with Gasteiger partial charge in [0.05, 0.1) is 4.92 Å². The number of unbranched alkanes of at least 4 members (excludes halogenated alkanes) is 9. The summed E-state index contributed by atoms with van der Waals surface area (Å²) in [5.41, 5.74) is 0.826. The van der Waals surface area contributed by atoms with Crippen molar-refractivity contribution in [3.63, 3.8) is 0 Å². The van der Waals surface area contributed by atoms with Crippen LogP contribution in [0, 0.1) is 17.0 Å². The van der Waals surface area contributed by atoms with Gasteiger partial charge in [-0.15, -0.1) is 0 Å². The average Bonchev–Trinajstić information content (AvgIpc) is 2.96. The van der Waals surface area contributed by atoms with Gasteiger partial charge in [-0.25, -0.2) is 4.79 Å². The predicted octanol–water partition coefficient (Wildman–Crippen LogP) is 8.66. The summed E-state index contributed by atoms with van der Waals surface area (Å²) in [7, 11) is 0. The lowest BCUT2D eigenvalue weighted by atomic mass is 10.0. The number of rotatable bonds is 18. The van der Waals surface area contributed by atoms with Crippen molar-refractivity contribution in [1.82, 2.24) is 0 Å². The first-order valence-electron chi connectivity index (χ1n) is 14.6. The molecule has 1 atom stereocenters. The molecule has 11 heteroatoms. The Bertz CT molecular complexity index is 1370. The highest BCUT2D eigenvalue weighted by atomic mass is 35.5. The Morgan fingerprint density at radius 3 is 2.02 bits per heavy atom. The van der Waals surface area contributed by atoms with E-state index in [0.29, 0.717) is 23.5 Å². The molecule has 0 N–H and O–H groups in total. The van der Waals surface area contributed by atoms with Crippen molar-refractivity contribution in [2.75, 3.05) is 6.61 Å². The van der Waals surface area contributed by atoms with Crippen molar-refractivity contribution in [2.24, 2.45) is 0 Å². The van der Waals surface area contributed by atoms with E-state index in [1.165, 1.54) is 75.3 Å². The summed E-state index contributed by atoms with van der Waals surface area (Å²) in [5, 5.41) is 10.4. The van der Waals surface area contributed by atoms with Gasteiger partial charge >= 0.3 is 5.63 Å². The van der Waals surface area contributed by atoms with Crippen molar-refractivity contribution in [2.45, 2.75) is 90.6 Å². The molecule has 2 aromatic carbocycles. The Hall–Kier alpha value is -3.43. The normalized spacial score (nSPS) is 11.3. The molecule has 1 unspecified atom stereocenters. The van der Waals surface area contributed by atoms with Crippen molar-refractivity contribution in [1.29, 1.82) is 0 Å². The number of benzene rings is 2. The van der Waals surface area contributed by atoms with Gasteiger partial charge in [0.25, 0.3) is 16.2 Å². The third-order valence-corrected chi connectivity index (χ3v) is 7.03. The van der Waals surface area contributed by atoms with E-state index in [4.69, 9.17) is 37.1 Å². The van der Waals surface area contributed by atoms with Crippen LogP contribution < -0.4 is 15.1 Å². The van der Waals surface area contributed by atoms with Gasteiger partial charge < -0.3 is 13.9 Å². The molecule has 9 nitrogen and oxygen atoms in total. The molecule has 0 saturated heterocycles. The minimum atomic E-state index is -0.702. The zero-order valence-electron chi connectivity index (χ0n) is 24.7. The molecule has 3 aromatic rings. The van der Waals surface area contributed by atoms with Gasteiger partial charge in [-0.1, -0.05) is 64.7 Å². The Balaban J connectivity index is 0.000000326. The number of carbonyl (C=O) groups excluding carboxylic acids is 2. The summed E-state index contributed by atoms with van der Waals surface area (Å²) in [4.78, 5) is 43.5. The average molecular weight is 637 g/mol. The van der Waals surface area contributed by atoms with Crippen LogP contribution in [0.25, 0.3) is 11.0 Å². The lowest BCUT2D eigenvalue weighted by Gasteiger charge is -2.15. The van der Waals surface area contributed by atoms with Gasteiger partial charge in [-0.05, 0) is 72.8 Å². The maximum absolute atomic E-state index is 11.5. The number of hydrogen-bond acceptors (Lipinski definition) is 8. The lowest BCUT2D eigenvalue weighted by Crippen LogP contribution is -2.23. The molecule has 0 spiro atoms. The van der Waals surface area contributed by atoms with Gasteiger partial charge in [0.15, 0.2) is 12.7 Å². The molecule has 0 saturated carbocycles. The lowest BCUT2D eigenvalue weighted by molar-refractivity contribution is -0.384. The van der Waals surface area contributed by atoms with Crippen LogP contribution in [0.2, 0.25) is 0 Å². The quantitative estimate of drug-likeness (QED) is 0.0446. The Kier molecular flexibility index (Phi) is 16.4. The van der Waals surface area contributed by atoms with Crippen LogP contribution in [0.15, 0.2) is 57.7 Å². The van der Waals surface area contributed by atoms with Crippen LogP contribution in [-0.4, -0.2) is 28.1 Å². The summed E-state index contributed by atoms with van der Waals surface area (Å²) in [6.07, 6.45) is 12.1. The van der Waals surface area contributed by atoms with Crippen molar-refractivity contribution in [3.05, 3.63) is 74.6 Å². The van der Waals surface area contributed by atoms with E-state index in [1.54, 1.807) is 18.2 Å². The van der Waals surface area contributed by atoms with Crippen LogP contribution in [0.5, 0.6) is 11.5 Å². The minimum absolute atomic E-state index is 0.0132. The first-order valence-corrected chi connectivity index (χ1v) is 15.3. The van der Waals surface area contributed by atoms with Crippen LogP contribution in [0.4, 0.5) is 5.69 Å². The Morgan fingerprint density at radius 2 is 1.47 bits per heavy atom. The molecule has 0 fully saturated rings. The monoisotopic (exact) mass is 635 g/mol. The molecule has 0 aliphatic heterocycles. The number of aryl methyl sites for hydroxylation is 1. The van der Waals surface area contributed by atoms with Gasteiger partial charge in [-0.3, -0.25) is 19.7 Å². The molecular weight excluding hydrogens is 597 g/mol. The summed E-state index contributed by atoms with van der Waals surface area (Å²) in [6.45, 7) is 3.83. The summed E-state index contributed by atoms with van der Waals surface area (Å²) in [5.74, 6) is 0.849. The molecule has 234 valence electrons. The largest absolute Gasteiger partial charge is 0.484 e. The number of ether oxygens (including phenoxy) is 2. The van der Waals surface area contributed by atoms with Crippen LogP contribution in [0.1, 0.15) is 83.1 Å². The standard InChI is InChI=1S/C20H30ClNO4.C12H9ClO4/c1-2-3-4-5-6-7-8-9-10-11-12-19(20(21)23)26-18-15-13-17(14-16-18)22(24)25;1-7-4-12(15)17-10-5-8(2-3-9(7)10)16-6-11(13)14/h13-16,19H,2-12H2,1H3;2-5H,6H2,1H3. The van der Waals surface area contributed by atoms with Gasteiger partial charge in [-0.2, -0.15) is 0 Å².